The Bertz CT molecular complexity index is 1720. The molecule has 0 aromatic heterocycles. The maximum Gasteiger partial charge on any atom is 0.461 e. The number of ketones is 1. The van der Waals surface area contributed by atoms with E-state index in [-0.39, 0.29) is 0 Å². The first-order valence-electron chi connectivity index (χ1n) is 11.1. The monoisotopic (exact) mass is 954 g/mol. The fourth-order valence-corrected chi connectivity index (χ4v) is 4.11. The van der Waals surface area contributed by atoms with Crippen molar-refractivity contribution in [2.75, 3.05) is 0 Å². The average Bonchev–Trinajstić information content (AvgIpc) is 2.87. The van der Waals surface area contributed by atoms with E-state index in [1.54, 1.807) is 0 Å². The van der Waals surface area contributed by atoms with E-state index in [1.807, 2.05) is 0 Å². The highest BCUT2D eigenvalue weighted by Gasteiger charge is 2.95. The molecule has 0 aliphatic carbocycles. The molecule has 0 rings (SSSR count). The molecular formula is C16F30O8S2. The number of alkyl halides is 27. The standard InChI is InChI=1S/C16F30O8S2/c17-1(6(22,53-55(45,48)49)8(24,13(33,34)35)14(36,37)38)2(4(18,19)11(27,28)29)52-7(23,3(47)5(20,21)12(30,31)32)10(26,54-56(46,50)51)9(25,15(39,40)41)16(42,43)44/b2-1-. The van der Waals surface area contributed by atoms with Crippen LogP contribution < -0.4 is 0 Å². The number of hydrogen-bond donors (Lipinski definition) is 0. The summed E-state index contributed by atoms with van der Waals surface area (Å²) in [5, 5.41) is 0. The van der Waals surface area contributed by atoms with Gasteiger partial charge in [-0.15, -0.1) is 0 Å². The molecule has 0 saturated heterocycles. The zero-order valence-corrected chi connectivity index (χ0v) is 25.1. The van der Waals surface area contributed by atoms with Crippen LogP contribution in [0.4, 0.5) is 131 Å². The van der Waals surface area contributed by atoms with Gasteiger partial charge in [0.25, 0.3) is 5.78 Å². The third kappa shape index (κ3) is 8.40. The van der Waals surface area contributed by atoms with Crippen LogP contribution in [0.1, 0.15) is 0 Å². The molecule has 334 valence electrons. The zero-order chi connectivity index (χ0) is 46.4. The summed E-state index contributed by atoms with van der Waals surface area (Å²) in [6.07, 6.45) is -54.0. The third-order valence-corrected chi connectivity index (χ3v) is 6.45. The summed E-state index contributed by atoms with van der Waals surface area (Å²) in [6.45, 7) is 0. The SMILES string of the molecule is O=C(C(F)(F)C(F)(F)F)C(F)(O/C(=C(\F)C(F)(OS(=O)(=O)F)C(F)(C(F)(F)F)C(F)(F)F)C(F)(F)C(F)(F)F)C(F)(OS(=O)(=O)F)C(F)(C(F)(F)F)C(F)(F)F. The third-order valence-electron chi connectivity index (χ3n) is 5.59. The van der Waals surface area contributed by atoms with Crippen LogP contribution in [-0.4, -0.2) is 100 Å². The second-order valence-electron chi connectivity index (χ2n) is 9.27. The predicted molar refractivity (Wildman–Crippen MR) is 102 cm³/mol. The number of hydrogen-bond acceptors (Lipinski definition) is 8. The molecule has 3 atom stereocenters. The van der Waals surface area contributed by atoms with E-state index < -0.39 is 116 Å². The lowest BCUT2D eigenvalue weighted by molar-refractivity contribution is -0.443. The van der Waals surface area contributed by atoms with Crippen molar-refractivity contribution in [2.24, 2.45) is 0 Å². The number of rotatable bonds is 13. The van der Waals surface area contributed by atoms with Gasteiger partial charge in [-0.1, -0.05) is 7.77 Å². The van der Waals surface area contributed by atoms with Crippen LogP contribution in [0.2, 0.25) is 0 Å². The molecule has 40 heteroatoms. The number of Topliss-reactive ketones (excluding diaryl/α,β-unsaturated/α-hetero) is 1. The van der Waals surface area contributed by atoms with Gasteiger partial charge in [0.1, 0.15) is 0 Å². The molecule has 0 spiro atoms. The molecule has 0 N–H and O–H groups in total. The van der Waals surface area contributed by atoms with Crippen molar-refractivity contribution in [3.8, 4) is 0 Å². The van der Waals surface area contributed by atoms with Gasteiger partial charge >= 0.3 is 98.8 Å². The number of carbonyl (C=O) groups excluding carboxylic acids is 1. The highest BCUT2D eigenvalue weighted by atomic mass is 32.3. The Morgan fingerprint density at radius 1 is 0.393 bits per heavy atom. The van der Waals surface area contributed by atoms with Crippen molar-refractivity contribution < 1.29 is 165 Å². The molecule has 56 heavy (non-hydrogen) atoms. The molecule has 0 fully saturated rings. The van der Waals surface area contributed by atoms with Crippen LogP contribution in [0.15, 0.2) is 11.6 Å². The van der Waals surface area contributed by atoms with Crippen LogP contribution >= 0.6 is 0 Å². The number of carbonyl (C=O) groups is 1. The summed E-state index contributed by atoms with van der Waals surface area (Å²) in [7, 11) is -18.0. The molecule has 8 nitrogen and oxygen atoms in total. The lowest BCUT2D eigenvalue weighted by atomic mass is 9.84. The highest BCUT2D eigenvalue weighted by molar-refractivity contribution is 7.81. The first kappa shape index (κ1) is 52.9. The maximum atomic E-state index is 15.8. The fraction of sp³-hybridized carbons (Fsp3) is 0.812. The molecule has 0 bridgehead atoms. The van der Waals surface area contributed by atoms with Gasteiger partial charge in [-0.05, 0) is 0 Å². The zero-order valence-electron chi connectivity index (χ0n) is 23.4. The van der Waals surface area contributed by atoms with Crippen LogP contribution in [0.3, 0.4) is 0 Å². The molecule has 0 aliphatic rings. The second kappa shape index (κ2) is 13.8. The van der Waals surface area contributed by atoms with Crippen LogP contribution in [0, 0.1) is 0 Å². The Hall–Kier alpha value is -3.07. The van der Waals surface area contributed by atoms with E-state index in [2.05, 4.69) is 0 Å². The highest BCUT2D eigenvalue weighted by Crippen LogP contribution is 2.64. The normalized spacial score (nSPS) is 19.4. The van der Waals surface area contributed by atoms with Gasteiger partial charge in [-0.25, -0.2) is 13.2 Å². The quantitative estimate of drug-likeness (QED) is 0.103. The van der Waals surface area contributed by atoms with Crippen molar-refractivity contribution in [1.29, 1.82) is 0 Å². The largest absolute Gasteiger partial charge is 0.461 e. The number of halogens is 30. The Labute approximate surface area is 282 Å². The smallest absolute Gasteiger partial charge is 0.441 e. The van der Waals surface area contributed by atoms with Crippen molar-refractivity contribution in [3.63, 3.8) is 0 Å². The van der Waals surface area contributed by atoms with E-state index >= 15 is 17.6 Å². The maximum absolute atomic E-state index is 15.8. The summed E-state index contributed by atoms with van der Waals surface area (Å²) in [5.74, 6) is -68.1. The van der Waals surface area contributed by atoms with Crippen molar-refractivity contribution in [2.45, 2.75) is 77.8 Å². The van der Waals surface area contributed by atoms with Crippen LogP contribution in [-0.2, 0) is 38.9 Å². The van der Waals surface area contributed by atoms with E-state index in [4.69, 9.17) is 0 Å². The lowest BCUT2D eigenvalue weighted by Crippen LogP contribution is -2.78. The molecule has 0 amide bonds. The van der Waals surface area contributed by atoms with Gasteiger partial charge in [-0.2, -0.15) is 135 Å². The van der Waals surface area contributed by atoms with Crippen LogP contribution in [0.5, 0.6) is 0 Å². The van der Waals surface area contributed by atoms with E-state index in [0.717, 1.165) is 4.18 Å². The van der Waals surface area contributed by atoms with E-state index in [0.29, 0.717) is 0 Å². The Morgan fingerprint density at radius 3 is 0.911 bits per heavy atom. The minimum Gasteiger partial charge on any atom is -0.441 e. The molecule has 0 aliphatic heterocycles. The molecule has 0 aromatic carbocycles. The predicted octanol–water partition coefficient (Wildman–Crippen LogP) is 8.27. The van der Waals surface area contributed by atoms with Crippen molar-refractivity contribution >= 4 is 26.8 Å². The molecule has 0 aromatic rings. The molecule has 0 radical (unpaired) electrons. The summed E-state index contributed by atoms with van der Waals surface area (Å²) in [6, 6.07) is 0. The first-order chi connectivity index (χ1) is 23.6. The first-order valence-corrected chi connectivity index (χ1v) is 13.7. The van der Waals surface area contributed by atoms with Gasteiger partial charge in [0.05, 0.1) is 0 Å². The van der Waals surface area contributed by atoms with E-state index in [9.17, 15) is 135 Å². The van der Waals surface area contributed by atoms with Gasteiger partial charge in [0.15, 0.2) is 0 Å². The van der Waals surface area contributed by atoms with E-state index in [1.165, 1.54) is 8.92 Å². The average molecular weight is 954 g/mol. The van der Waals surface area contributed by atoms with Crippen LogP contribution in [0.25, 0.3) is 0 Å². The summed E-state index contributed by atoms with van der Waals surface area (Å²) < 4.78 is 456. The number of allylic oxidation sites excluding steroid dienone is 1. The second-order valence-corrected chi connectivity index (χ2v) is 11.2. The molecule has 0 saturated carbocycles. The van der Waals surface area contributed by atoms with Gasteiger partial charge in [0, 0.05) is 0 Å². The van der Waals surface area contributed by atoms with Gasteiger partial charge in [-0.3, -0.25) is 4.79 Å². The minimum absolute atomic E-state index is 1.07. The Kier molecular flexibility index (Phi) is 13.0. The Balaban J connectivity index is 10.1. The Morgan fingerprint density at radius 2 is 0.679 bits per heavy atom. The van der Waals surface area contributed by atoms with Crippen molar-refractivity contribution in [3.05, 3.63) is 11.6 Å². The summed E-state index contributed by atoms with van der Waals surface area (Å²) in [5.41, 5.74) is -19.3. The minimum atomic E-state index is -9.92. The molecular weight excluding hydrogens is 954 g/mol. The summed E-state index contributed by atoms with van der Waals surface area (Å²) in [4.78, 5) is 11.8. The van der Waals surface area contributed by atoms with Crippen molar-refractivity contribution in [1.82, 2.24) is 0 Å². The van der Waals surface area contributed by atoms with Gasteiger partial charge in [0.2, 0.25) is 11.6 Å². The fourth-order valence-electron chi connectivity index (χ4n) is 3.15. The molecule has 3 unspecified atom stereocenters. The molecule has 0 heterocycles. The topological polar surface area (TPSA) is 113 Å². The van der Waals surface area contributed by atoms with Gasteiger partial charge < -0.3 is 4.74 Å². The lowest BCUT2D eigenvalue weighted by Gasteiger charge is -2.46. The summed E-state index contributed by atoms with van der Waals surface area (Å²) >= 11 is 0. The number of ether oxygens (including phenoxy) is 1.